The van der Waals surface area contributed by atoms with Gasteiger partial charge in [0, 0.05) is 6.04 Å². The van der Waals surface area contributed by atoms with Gasteiger partial charge in [0.15, 0.2) is 5.78 Å². The van der Waals surface area contributed by atoms with Crippen molar-refractivity contribution in [1.29, 1.82) is 0 Å². The van der Waals surface area contributed by atoms with Crippen LogP contribution in [-0.2, 0) is 9.59 Å². The smallest absolute Gasteiger partial charge is 0.255 e. The Morgan fingerprint density at radius 2 is 1.65 bits per heavy atom. The highest BCUT2D eigenvalue weighted by atomic mass is 16.2. The van der Waals surface area contributed by atoms with Crippen LogP contribution in [0.4, 0.5) is 0 Å². The van der Waals surface area contributed by atoms with Gasteiger partial charge in [0.1, 0.15) is 0 Å². The predicted octanol–water partition coefficient (Wildman–Crippen LogP) is 2.61. The van der Waals surface area contributed by atoms with Crippen LogP contribution in [0.5, 0.6) is 0 Å². The van der Waals surface area contributed by atoms with Crippen LogP contribution in [0.25, 0.3) is 0 Å². The fraction of sp³-hybridized carbons (Fsp3) is 0.714. The highest BCUT2D eigenvalue weighted by Gasteiger charge is 2.23. The summed E-state index contributed by atoms with van der Waals surface area (Å²) in [5, 5.41) is 2.98. The molecule has 1 aliphatic carbocycles. The van der Waals surface area contributed by atoms with E-state index in [1.165, 1.54) is 19.8 Å². The molecule has 3 heteroatoms. The summed E-state index contributed by atoms with van der Waals surface area (Å²) in [5.74, 6) is -0.0921. The minimum atomic E-state index is -0.185. The Morgan fingerprint density at radius 1 is 1.12 bits per heavy atom. The Hall–Kier alpha value is -1.12. The molecule has 0 aromatic carbocycles. The molecule has 0 radical (unpaired) electrons. The molecule has 1 aliphatic rings. The molecule has 0 spiro atoms. The monoisotopic (exact) mass is 237 g/mol. The lowest BCUT2D eigenvalue weighted by atomic mass is 9.96. The minimum absolute atomic E-state index is 0.133. The van der Waals surface area contributed by atoms with Gasteiger partial charge in [0.05, 0.1) is 5.57 Å². The molecule has 1 rings (SSSR count). The third kappa shape index (κ3) is 3.69. The quantitative estimate of drug-likeness (QED) is 0.464. The molecule has 1 saturated carbocycles. The number of allylic oxidation sites excluding steroid dienone is 1. The van der Waals surface area contributed by atoms with Crippen LogP contribution in [-0.4, -0.2) is 17.7 Å². The number of rotatable bonds is 4. The van der Waals surface area contributed by atoms with Gasteiger partial charge >= 0.3 is 0 Å². The van der Waals surface area contributed by atoms with E-state index in [-0.39, 0.29) is 23.7 Å². The Balaban J connectivity index is 2.80. The fourth-order valence-electron chi connectivity index (χ4n) is 2.23. The van der Waals surface area contributed by atoms with Crippen LogP contribution in [0, 0.1) is 5.92 Å². The number of Topliss-reactive ketones (excluding diaryl/α,β-unsaturated/α-hetero) is 1. The van der Waals surface area contributed by atoms with Crippen LogP contribution >= 0.6 is 0 Å². The lowest BCUT2D eigenvalue weighted by Crippen LogP contribution is -2.36. The summed E-state index contributed by atoms with van der Waals surface area (Å²) in [4.78, 5) is 23.7. The molecular formula is C14H23NO2. The van der Waals surface area contributed by atoms with Gasteiger partial charge < -0.3 is 5.32 Å². The van der Waals surface area contributed by atoms with E-state index in [9.17, 15) is 9.59 Å². The molecule has 0 bridgehead atoms. The maximum Gasteiger partial charge on any atom is 0.255 e. The second-order valence-electron chi connectivity index (χ2n) is 5.22. The lowest BCUT2D eigenvalue weighted by Gasteiger charge is -2.16. The number of carbonyl (C=O) groups is 2. The number of carbonyl (C=O) groups excluding carboxylic acids is 2. The zero-order valence-corrected chi connectivity index (χ0v) is 11.3. The van der Waals surface area contributed by atoms with Gasteiger partial charge in [-0.3, -0.25) is 9.59 Å². The van der Waals surface area contributed by atoms with Crippen LogP contribution in [0.3, 0.4) is 0 Å². The third-order valence-corrected chi connectivity index (χ3v) is 3.53. The summed E-state index contributed by atoms with van der Waals surface area (Å²) in [6.07, 6.45) is 4.43. The summed E-state index contributed by atoms with van der Waals surface area (Å²) in [5.41, 5.74) is 1.24. The van der Waals surface area contributed by atoms with Crippen molar-refractivity contribution in [2.75, 3.05) is 0 Å². The van der Waals surface area contributed by atoms with Crippen molar-refractivity contribution in [2.45, 2.75) is 59.4 Å². The van der Waals surface area contributed by atoms with E-state index >= 15 is 0 Å². The zero-order chi connectivity index (χ0) is 13.0. The Morgan fingerprint density at radius 3 is 2.06 bits per heavy atom. The standard InChI is InChI=1S/C14H23NO2/c1-9(2)10(3)13(11(4)16)14(17)15-12-7-5-6-8-12/h9,12H,5-8H2,1-4H3,(H,15,17)/b13-10-. The molecule has 0 atom stereocenters. The first kappa shape index (κ1) is 13.9. The van der Waals surface area contributed by atoms with Crippen molar-refractivity contribution in [1.82, 2.24) is 5.32 Å². The van der Waals surface area contributed by atoms with Gasteiger partial charge in [0.2, 0.25) is 0 Å². The van der Waals surface area contributed by atoms with Crippen LogP contribution in [0.15, 0.2) is 11.1 Å². The van der Waals surface area contributed by atoms with Gasteiger partial charge in [-0.25, -0.2) is 0 Å². The maximum absolute atomic E-state index is 12.1. The third-order valence-electron chi connectivity index (χ3n) is 3.53. The van der Waals surface area contributed by atoms with Gasteiger partial charge in [-0.05, 0) is 32.6 Å². The van der Waals surface area contributed by atoms with Crippen molar-refractivity contribution in [2.24, 2.45) is 5.92 Å². The van der Waals surface area contributed by atoms with E-state index < -0.39 is 0 Å². The van der Waals surface area contributed by atoms with Gasteiger partial charge in [-0.2, -0.15) is 0 Å². The van der Waals surface area contributed by atoms with E-state index in [0.29, 0.717) is 5.57 Å². The van der Waals surface area contributed by atoms with Crippen LogP contribution in [0.1, 0.15) is 53.4 Å². The number of hydrogen-bond acceptors (Lipinski definition) is 2. The molecule has 17 heavy (non-hydrogen) atoms. The van der Waals surface area contributed by atoms with Crippen molar-refractivity contribution in [3.63, 3.8) is 0 Å². The molecule has 0 aliphatic heterocycles. The zero-order valence-electron chi connectivity index (χ0n) is 11.3. The average molecular weight is 237 g/mol. The highest BCUT2D eigenvalue weighted by Crippen LogP contribution is 2.20. The molecule has 3 nitrogen and oxygen atoms in total. The summed E-state index contributed by atoms with van der Waals surface area (Å²) in [7, 11) is 0. The van der Waals surface area contributed by atoms with Gasteiger partial charge in [0.25, 0.3) is 5.91 Å². The van der Waals surface area contributed by atoms with Crippen LogP contribution in [0.2, 0.25) is 0 Å². The number of amides is 1. The van der Waals surface area contributed by atoms with E-state index in [1.807, 2.05) is 20.8 Å². The first-order valence-corrected chi connectivity index (χ1v) is 6.46. The SMILES string of the molecule is CC(=O)/C(C(=O)NC1CCCC1)=C(\C)C(C)C. The second kappa shape index (κ2) is 5.99. The van der Waals surface area contributed by atoms with E-state index in [1.54, 1.807) is 0 Å². The molecule has 0 heterocycles. The summed E-state index contributed by atoms with van der Waals surface area (Å²) < 4.78 is 0. The summed E-state index contributed by atoms with van der Waals surface area (Å²) in [6, 6.07) is 0.261. The fourth-order valence-corrected chi connectivity index (χ4v) is 2.23. The largest absolute Gasteiger partial charge is 0.349 e. The number of nitrogens with one attached hydrogen (secondary N) is 1. The lowest BCUT2D eigenvalue weighted by molar-refractivity contribution is -0.122. The second-order valence-corrected chi connectivity index (χ2v) is 5.22. The normalized spacial score (nSPS) is 18.2. The molecule has 0 aromatic rings. The summed E-state index contributed by atoms with van der Waals surface area (Å²) in [6.45, 7) is 7.34. The average Bonchev–Trinajstić information content (AvgIpc) is 2.69. The molecule has 1 N–H and O–H groups in total. The topological polar surface area (TPSA) is 46.2 Å². The maximum atomic E-state index is 12.1. The number of ketones is 1. The van der Waals surface area contributed by atoms with Crippen molar-refractivity contribution < 1.29 is 9.59 Å². The van der Waals surface area contributed by atoms with Gasteiger partial charge in [-0.1, -0.05) is 32.3 Å². The highest BCUT2D eigenvalue weighted by molar-refractivity contribution is 6.19. The minimum Gasteiger partial charge on any atom is -0.349 e. The van der Waals surface area contributed by atoms with E-state index in [4.69, 9.17) is 0 Å². The Bertz CT molecular complexity index is 336. The molecule has 1 amide bonds. The summed E-state index contributed by atoms with van der Waals surface area (Å²) >= 11 is 0. The Labute approximate surface area is 104 Å². The van der Waals surface area contributed by atoms with E-state index in [0.717, 1.165) is 18.4 Å². The molecule has 1 fully saturated rings. The Kier molecular flexibility index (Phi) is 4.91. The van der Waals surface area contributed by atoms with E-state index in [2.05, 4.69) is 5.32 Å². The number of hydrogen-bond donors (Lipinski definition) is 1. The molecule has 0 aromatic heterocycles. The first-order valence-electron chi connectivity index (χ1n) is 6.46. The first-order chi connectivity index (χ1) is 7.93. The molecular weight excluding hydrogens is 214 g/mol. The molecule has 0 saturated heterocycles. The van der Waals surface area contributed by atoms with Gasteiger partial charge in [-0.15, -0.1) is 0 Å². The van der Waals surface area contributed by atoms with Crippen molar-refractivity contribution in [3.8, 4) is 0 Å². The van der Waals surface area contributed by atoms with Crippen molar-refractivity contribution >= 4 is 11.7 Å². The molecule has 0 unspecified atom stereocenters. The molecule has 96 valence electrons. The van der Waals surface area contributed by atoms with Crippen molar-refractivity contribution in [3.05, 3.63) is 11.1 Å². The van der Waals surface area contributed by atoms with Crippen LogP contribution < -0.4 is 5.32 Å². The predicted molar refractivity (Wildman–Crippen MR) is 68.6 cm³/mol.